The Balaban J connectivity index is 0. The molecule has 0 aliphatic heterocycles. The summed E-state index contributed by atoms with van der Waals surface area (Å²) < 4.78 is 10.5. The van der Waals surface area contributed by atoms with Crippen molar-refractivity contribution in [3.8, 4) is 0 Å². The number of hydrogen-bond acceptors (Lipinski definition) is 8. The molecular formula is C13H26O10. The topological polar surface area (TPSA) is 174 Å². The first-order valence-corrected chi connectivity index (χ1v) is 6.86. The van der Waals surface area contributed by atoms with Crippen LogP contribution in [0, 0.1) is 0 Å². The maximum Gasteiger partial charge on any atom is 0.335 e. The third-order valence-electron chi connectivity index (χ3n) is 2.30. The van der Waals surface area contributed by atoms with Crippen LogP contribution in [0.4, 0.5) is 0 Å². The zero-order valence-corrected chi connectivity index (χ0v) is 13.3. The first kappa shape index (κ1) is 24.0. The van der Waals surface area contributed by atoms with Gasteiger partial charge in [-0.25, -0.2) is 9.59 Å². The molecule has 10 nitrogen and oxygen atoms in total. The molecule has 6 N–H and O–H groups in total. The minimum atomic E-state index is -2.27. The fraction of sp³-hybridized carbons (Fsp3) is 0.846. The summed E-state index contributed by atoms with van der Waals surface area (Å²) in [4.78, 5) is 19.5. The fourth-order valence-electron chi connectivity index (χ4n) is 0.974. The summed E-state index contributed by atoms with van der Waals surface area (Å²) in [6, 6.07) is 0. The molecule has 0 saturated heterocycles. The molecule has 0 bridgehead atoms. The van der Waals surface area contributed by atoms with E-state index in [1.165, 1.54) is 0 Å². The van der Waals surface area contributed by atoms with Gasteiger partial charge in [-0.05, 0) is 20.8 Å². The summed E-state index contributed by atoms with van der Waals surface area (Å²) in [6.45, 7) is 6.10. The van der Waals surface area contributed by atoms with Crippen molar-refractivity contribution < 1.29 is 49.7 Å². The van der Waals surface area contributed by atoms with Crippen molar-refractivity contribution in [3.63, 3.8) is 0 Å². The van der Waals surface area contributed by atoms with Crippen LogP contribution < -0.4 is 0 Å². The van der Waals surface area contributed by atoms with E-state index in [1.54, 1.807) is 13.8 Å². The van der Waals surface area contributed by atoms with Crippen molar-refractivity contribution in [3.05, 3.63) is 0 Å². The van der Waals surface area contributed by atoms with E-state index in [2.05, 4.69) is 0 Å². The van der Waals surface area contributed by atoms with Crippen LogP contribution in [0.1, 0.15) is 20.8 Å². The van der Waals surface area contributed by atoms with E-state index in [9.17, 15) is 9.59 Å². The van der Waals surface area contributed by atoms with E-state index in [-0.39, 0.29) is 18.8 Å². The highest BCUT2D eigenvalue weighted by atomic mass is 16.5. The Labute approximate surface area is 133 Å². The lowest BCUT2D eigenvalue weighted by Crippen LogP contribution is -2.39. The molecule has 0 heterocycles. The Morgan fingerprint density at radius 3 is 1.52 bits per heavy atom. The van der Waals surface area contributed by atoms with Gasteiger partial charge in [-0.1, -0.05) is 0 Å². The van der Waals surface area contributed by atoms with Crippen molar-refractivity contribution in [2.24, 2.45) is 0 Å². The summed E-state index contributed by atoms with van der Waals surface area (Å²) in [5, 5.41) is 50.1. The van der Waals surface area contributed by atoms with E-state index < -0.39 is 30.3 Å². The minimum absolute atomic E-state index is 0.0170. The molecule has 0 radical (unpaired) electrons. The number of ether oxygens (including phenoxy) is 2. The molecule has 10 heteroatoms. The van der Waals surface area contributed by atoms with Gasteiger partial charge in [-0.2, -0.15) is 0 Å². The van der Waals surface area contributed by atoms with Crippen molar-refractivity contribution in [2.45, 2.75) is 51.3 Å². The lowest BCUT2D eigenvalue weighted by molar-refractivity contribution is -0.165. The third kappa shape index (κ3) is 14.0. The van der Waals surface area contributed by atoms with Gasteiger partial charge in [0.15, 0.2) is 12.2 Å². The molecule has 5 atom stereocenters. The maximum atomic E-state index is 9.77. The standard InChI is InChI=1S/C9H20O4.C4H6O6/c1-7(11)5-12-9(3)6-13-8(2)4-10;5-1(3(7)8)2(6)4(9)10/h7-11H,4-6H2,1-3H3;1-2,5-6H,(H,7,8)(H,9,10). The number of carboxylic acids is 2. The van der Waals surface area contributed by atoms with Crippen LogP contribution >= 0.6 is 0 Å². The van der Waals surface area contributed by atoms with Crippen LogP contribution in [-0.4, -0.2) is 92.9 Å². The molecule has 0 aliphatic carbocycles. The number of aliphatic hydroxyl groups is 4. The quantitative estimate of drug-likeness (QED) is 0.262. The Morgan fingerprint density at radius 2 is 1.22 bits per heavy atom. The summed E-state index contributed by atoms with van der Waals surface area (Å²) in [5.74, 6) is -3.54. The summed E-state index contributed by atoms with van der Waals surface area (Å²) in [5.41, 5.74) is 0. The molecule has 0 aromatic heterocycles. The highest BCUT2D eigenvalue weighted by molar-refractivity contribution is 5.83. The highest BCUT2D eigenvalue weighted by Crippen LogP contribution is 1.97. The lowest BCUT2D eigenvalue weighted by Gasteiger charge is -2.16. The second-order valence-corrected chi connectivity index (χ2v) is 4.89. The van der Waals surface area contributed by atoms with E-state index in [4.69, 9.17) is 40.1 Å². The summed E-state index contributed by atoms with van der Waals surface area (Å²) in [7, 11) is 0. The lowest BCUT2D eigenvalue weighted by atomic mass is 10.2. The van der Waals surface area contributed by atoms with Crippen LogP contribution in [0.25, 0.3) is 0 Å². The SMILES string of the molecule is CC(O)COC(C)COC(C)CO.O=C(O)C(O)C(O)C(=O)O. The first-order valence-electron chi connectivity index (χ1n) is 6.86. The fourth-order valence-corrected chi connectivity index (χ4v) is 0.974. The van der Waals surface area contributed by atoms with E-state index >= 15 is 0 Å². The van der Waals surface area contributed by atoms with E-state index in [1.807, 2.05) is 6.92 Å². The van der Waals surface area contributed by atoms with Crippen LogP contribution in [0.3, 0.4) is 0 Å². The van der Waals surface area contributed by atoms with Gasteiger partial charge in [-0.3, -0.25) is 0 Å². The average Bonchev–Trinajstić information content (AvgIpc) is 2.49. The van der Waals surface area contributed by atoms with Gasteiger partial charge < -0.3 is 40.1 Å². The van der Waals surface area contributed by atoms with Gasteiger partial charge in [0, 0.05) is 0 Å². The number of aliphatic carboxylic acids is 2. The van der Waals surface area contributed by atoms with Gasteiger partial charge in [-0.15, -0.1) is 0 Å². The van der Waals surface area contributed by atoms with Gasteiger partial charge in [0.2, 0.25) is 0 Å². The second-order valence-electron chi connectivity index (χ2n) is 4.89. The molecule has 5 unspecified atom stereocenters. The molecule has 0 aliphatic rings. The summed E-state index contributed by atoms with van der Waals surface area (Å²) in [6.07, 6.45) is -5.19. The number of carboxylic acid groups (broad SMARTS) is 2. The maximum absolute atomic E-state index is 9.77. The van der Waals surface area contributed by atoms with Crippen molar-refractivity contribution in [1.29, 1.82) is 0 Å². The molecule has 0 spiro atoms. The Morgan fingerprint density at radius 1 is 0.826 bits per heavy atom. The Kier molecular flexibility index (Phi) is 13.7. The normalized spacial score (nSPS) is 17.2. The molecule has 0 aromatic carbocycles. The molecule has 23 heavy (non-hydrogen) atoms. The molecule has 0 amide bonds. The molecule has 138 valence electrons. The monoisotopic (exact) mass is 342 g/mol. The average molecular weight is 342 g/mol. The first-order chi connectivity index (χ1) is 10.5. The zero-order valence-electron chi connectivity index (χ0n) is 13.3. The van der Waals surface area contributed by atoms with Crippen molar-refractivity contribution >= 4 is 11.9 Å². The van der Waals surface area contributed by atoms with Crippen LogP contribution in [0.15, 0.2) is 0 Å². The highest BCUT2D eigenvalue weighted by Gasteiger charge is 2.29. The predicted octanol–water partition coefficient (Wildman–Crippen LogP) is -1.95. The third-order valence-corrected chi connectivity index (χ3v) is 2.30. The van der Waals surface area contributed by atoms with Crippen LogP contribution in [-0.2, 0) is 19.1 Å². The molecule has 0 fully saturated rings. The zero-order chi connectivity index (χ0) is 18.6. The number of aliphatic hydroxyl groups excluding tert-OH is 4. The molecular weight excluding hydrogens is 316 g/mol. The van der Waals surface area contributed by atoms with Crippen molar-refractivity contribution in [1.82, 2.24) is 0 Å². The largest absolute Gasteiger partial charge is 0.479 e. The van der Waals surface area contributed by atoms with Crippen molar-refractivity contribution in [2.75, 3.05) is 19.8 Å². The van der Waals surface area contributed by atoms with Gasteiger partial charge >= 0.3 is 11.9 Å². The Bertz CT molecular complexity index is 315. The second kappa shape index (κ2) is 13.2. The number of carbonyl (C=O) groups is 2. The Hall–Kier alpha value is -1.30. The van der Waals surface area contributed by atoms with E-state index in [0.717, 1.165) is 0 Å². The van der Waals surface area contributed by atoms with Crippen LogP contribution in [0.2, 0.25) is 0 Å². The predicted molar refractivity (Wildman–Crippen MR) is 76.9 cm³/mol. The van der Waals surface area contributed by atoms with Gasteiger partial charge in [0.1, 0.15) is 0 Å². The summed E-state index contributed by atoms with van der Waals surface area (Å²) >= 11 is 0. The molecule has 0 aromatic rings. The smallest absolute Gasteiger partial charge is 0.335 e. The van der Waals surface area contributed by atoms with Crippen LogP contribution in [0.5, 0.6) is 0 Å². The molecule has 0 rings (SSSR count). The van der Waals surface area contributed by atoms with Gasteiger partial charge in [0.25, 0.3) is 0 Å². The van der Waals surface area contributed by atoms with Gasteiger partial charge in [0.05, 0.1) is 38.1 Å². The molecule has 0 saturated carbocycles. The minimum Gasteiger partial charge on any atom is -0.479 e. The van der Waals surface area contributed by atoms with E-state index in [0.29, 0.717) is 13.2 Å². The number of rotatable bonds is 10. The number of hydrogen-bond donors (Lipinski definition) is 6.